The lowest BCUT2D eigenvalue weighted by Crippen LogP contribution is -2.32. The van der Waals surface area contributed by atoms with E-state index < -0.39 is 50.2 Å². The van der Waals surface area contributed by atoms with Crippen LogP contribution in [0.25, 0.3) is 44.6 Å². The number of benzene rings is 4. The number of ether oxygens (including phenoxy) is 2. The zero-order valence-corrected chi connectivity index (χ0v) is 32.6. The van der Waals surface area contributed by atoms with E-state index in [-0.39, 0.29) is 80.6 Å². The molecule has 4 aromatic carbocycles. The molecular formula is C38H36F2N2O13S2. The number of aliphatic hydroxyl groups is 1. The second-order valence-corrected chi connectivity index (χ2v) is 16.2. The Morgan fingerprint density at radius 2 is 1.16 bits per heavy atom. The van der Waals surface area contributed by atoms with Gasteiger partial charge in [0.25, 0.3) is 0 Å². The summed E-state index contributed by atoms with van der Waals surface area (Å²) in [6.07, 6.45) is 2.02. The number of rotatable bonds is 13. The molecule has 0 fully saturated rings. The molecule has 0 spiro atoms. The average Bonchev–Trinajstić information content (AvgIpc) is 3.71. The molecule has 0 unspecified atom stereocenters. The van der Waals surface area contributed by atoms with Crippen molar-refractivity contribution in [2.24, 2.45) is 0 Å². The third-order valence-corrected chi connectivity index (χ3v) is 10.9. The van der Waals surface area contributed by atoms with Crippen molar-refractivity contribution in [2.75, 3.05) is 55.0 Å². The molecule has 6 aromatic rings. The van der Waals surface area contributed by atoms with Gasteiger partial charge in [0.1, 0.15) is 56.9 Å². The van der Waals surface area contributed by atoms with Crippen LogP contribution in [0.15, 0.2) is 81.6 Å². The highest BCUT2D eigenvalue weighted by atomic mass is 32.2. The Hall–Kier alpha value is -6.18. The van der Waals surface area contributed by atoms with Crippen molar-refractivity contribution in [1.82, 2.24) is 0 Å². The van der Waals surface area contributed by atoms with Gasteiger partial charge in [-0.05, 0) is 67.6 Å². The SMILES string of the molecule is CCOc1cc2c(C(=O)O)c(-c3ccc(F)cc3)oc2cc1N(C)S(C)(=O)=O.COc1cc2c(C(=O)O)c(-c3ccc(F)cc3)oc2cc1N(CCO)S(C)(=O)=O. The van der Waals surface area contributed by atoms with Crippen molar-refractivity contribution in [3.05, 3.63) is 95.6 Å². The number of aromatic carboxylic acids is 2. The number of halogens is 2. The van der Waals surface area contributed by atoms with E-state index in [1.165, 1.54) is 87.0 Å². The van der Waals surface area contributed by atoms with Crippen molar-refractivity contribution in [1.29, 1.82) is 0 Å². The summed E-state index contributed by atoms with van der Waals surface area (Å²) in [6.45, 7) is 1.32. The molecule has 0 aliphatic heterocycles. The molecule has 15 nitrogen and oxygen atoms in total. The molecule has 19 heteroatoms. The van der Waals surface area contributed by atoms with Crippen LogP contribution >= 0.6 is 0 Å². The smallest absolute Gasteiger partial charge is 0.340 e. The Morgan fingerprint density at radius 1 is 0.719 bits per heavy atom. The summed E-state index contributed by atoms with van der Waals surface area (Å²) in [4.78, 5) is 23.8. The Kier molecular flexibility index (Phi) is 12.2. The predicted molar refractivity (Wildman–Crippen MR) is 207 cm³/mol. The van der Waals surface area contributed by atoms with Crippen molar-refractivity contribution in [3.8, 4) is 34.1 Å². The van der Waals surface area contributed by atoms with E-state index in [4.69, 9.17) is 18.3 Å². The molecule has 0 saturated carbocycles. The van der Waals surface area contributed by atoms with Crippen molar-refractivity contribution >= 4 is 65.3 Å². The lowest BCUT2D eigenvalue weighted by atomic mass is 10.0. The first kappa shape index (κ1) is 42.0. The van der Waals surface area contributed by atoms with E-state index >= 15 is 0 Å². The number of nitrogens with zero attached hydrogens (tertiary/aromatic N) is 2. The minimum Gasteiger partial charge on any atom is -0.495 e. The predicted octanol–water partition coefficient (Wildman–Crippen LogP) is 6.44. The van der Waals surface area contributed by atoms with Gasteiger partial charge < -0.3 is 33.6 Å². The van der Waals surface area contributed by atoms with Gasteiger partial charge in [-0.1, -0.05) is 0 Å². The van der Waals surface area contributed by atoms with Crippen LogP contribution in [0.3, 0.4) is 0 Å². The van der Waals surface area contributed by atoms with Crippen LogP contribution in [0.1, 0.15) is 27.6 Å². The van der Waals surface area contributed by atoms with Gasteiger partial charge in [0.15, 0.2) is 0 Å². The van der Waals surface area contributed by atoms with Gasteiger partial charge in [-0.25, -0.2) is 35.2 Å². The summed E-state index contributed by atoms with van der Waals surface area (Å²) in [5.74, 6) is -3.12. The van der Waals surface area contributed by atoms with Gasteiger partial charge >= 0.3 is 11.9 Å². The summed E-state index contributed by atoms with van der Waals surface area (Å²) in [5, 5.41) is 29.1. The highest BCUT2D eigenvalue weighted by Crippen LogP contribution is 2.42. The number of hydrogen-bond acceptors (Lipinski definition) is 11. The number of anilines is 2. The third-order valence-electron chi connectivity index (χ3n) is 8.51. The number of methoxy groups -OCH3 is 1. The quantitative estimate of drug-likeness (QED) is 0.115. The topological polar surface area (TPSA) is 214 Å². The highest BCUT2D eigenvalue weighted by Gasteiger charge is 2.28. The zero-order valence-electron chi connectivity index (χ0n) is 30.9. The lowest BCUT2D eigenvalue weighted by molar-refractivity contribution is 0.0688. The van der Waals surface area contributed by atoms with Gasteiger partial charge in [-0.15, -0.1) is 0 Å². The summed E-state index contributed by atoms with van der Waals surface area (Å²) in [5.41, 5.74) is 1.03. The fraction of sp³-hybridized carbons (Fsp3) is 0.211. The second kappa shape index (κ2) is 16.5. The maximum atomic E-state index is 13.2. The fourth-order valence-electron chi connectivity index (χ4n) is 5.87. The molecule has 0 saturated heterocycles. The number of fused-ring (bicyclic) bond motifs is 2. The largest absolute Gasteiger partial charge is 0.495 e. The van der Waals surface area contributed by atoms with Gasteiger partial charge in [0.2, 0.25) is 20.0 Å². The molecule has 6 rings (SSSR count). The zero-order chi connectivity index (χ0) is 42.0. The molecule has 57 heavy (non-hydrogen) atoms. The van der Waals surface area contributed by atoms with E-state index in [2.05, 4.69) is 0 Å². The van der Waals surface area contributed by atoms with E-state index in [1.54, 1.807) is 6.92 Å². The number of sulfonamides is 2. The molecule has 3 N–H and O–H groups in total. The summed E-state index contributed by atoms with van der Waals surface area (Å²) in [7, 11) is -4.68. The van der Waals surface area contributed by atoms with Crippen LogP contribution in [0.2, 0.25) is 0 Å². The molecule has 0 radical (unpaired) electrons. The van der Waals surface area contributed by atoms with Gasteiger partial charge in [0.05, 0.1) is 50.8 Å². The van der Waals surface area contributed by atoms with Crippen molar-refractivity contribution in [3.63, 3.8) is 0 Å². The van der Waals surface area contributed by atoms with E-state index in [0.717, 1.165) is 21.1 Å². The number of aliphatic hydroxyl groups excluding tert-OH is 1. The molecule has 2 aromatic heterocycles. The number of hydrogen-bond donors (Lipinski definition) is 3. The van der Waals surface area contributed by atoms with Crippen LogP contribution in [0.5, 0.6) is 11.5 Å². The molecular weight excluding hydrogens is 795 g/mol. The third kappa shape index (κ3) is 8.79. The molecule has 0 atom stereocenters. The van der Waals surface area contributed by atoms with E-state index in [0.29, 0.717) is 11.1 Å². The molecule has 0 aliphatic carbocycles. The number of furan rings is 2. The minimum absolute atomic E-state index is 0.000216. The van der Waals surface area contributed by atoms with Crippen LogP contribution < -0.4 is 18.1 Å². The standard InChI is InChI=1S/C19H18FNO7S.C19H18FNO6S/c1-27-16-9-13-15(10-14(16)21(7-8-22)29(2,25)26)28-18(17(13)19(23)24)11-3-5-12(20)6-4-11;1-4-26-16-9-13-15(10-14(16)21(2)28(3,24)25)27-18(17(13)19(22)23)11-5-7-12(20)8-6-11/h3-6,9-10,22H,7-8H2,1-2H3,(H,23,24);5-10H,4H2,1-3H3,(H,22,23). The molecule has 0 bridgehead atoms. The summed E-state index contributed by atoms with van der Waals surface area (Å²) < 4.78 is 99.0. The average molecular weight is 831 g/mol. The number of carboxylic acids is 2. The van der Waals surface area contributed by atoms with Gasteiger partial charge in [0, 0.05) is 41.1 Å². The first-order chi connectivity index (χ1) is 26.8. The van der Waals surface area contributed by atoms with Crippen LogP contribution in [0.4, 0.5) is 20.2 Å². The number of carboxylic acid groups (broad SMARTS) is 2. The first-order valence-corrected chi connectivity index (χ1v) is 20.4. The maximum absolute atomic E-state index is 13.2. The minimum atomic E-state index is -3.76. The van der Waals surface area contributed by atoms with Crippen molar-refractivity contribution in [2.45, 2.75) is 6.92 Å². The molecule has 302 valence electrons. The van der Waals surface area contributed by atoms with Crippen LogP contribution in [-0.4, -0.2) is 90.5 Å². The molecule has 0 aliphatic rings. The summed E-state index contributed by atoms with van der Waals surface area (Å²) in [6, 6.07) is 15.9. The van der Waals surface area contributed by atoms with Gasteiger partial charge in [-0.3, -0.25) is 8.61 Å². The Labute approximate surface area is 325 Å². The maximum Gasteiger partial charge on any atom is 0.340 e. The monoisotopic (exact) mass is 830 g/mol. The normalized spacial score (nSPS) is 11.6. The Morgan fingerprint density at radius 3 is 1.53 bits per heavy atom. The Bertz CT molecular complexity index is 2690. The Balaban J connectivity index is 0.000000218. The first-order valence-electron chi connectivity index (χ1n) is 16.7. The van der Waals surface area contributed by atoms with Gasteiger partial charge in [-0.2, -0.15) is 0 Å². The van der Waals surface area contributed by atoms with E-state index in [9.17, 15) is 50.5 Å². The van der Waals surface area contributed by atoms with E-state index in [1.807, 2.05) is 0 Å². The number of carbonyl (C=O) groups is 2. The lowest BCUT2D eigenvalue weighted by Gasteiger charge is -2.23. The molecule has 0 amide bonds. The second-order valence-electron chi connectivity index (χ2n) is 12.3. The van der Waals surface area contributed by atoms with Crippen molar-refractivity contribution < 1.29 is 68.8 Å². The van der Waals surface area contributed by atoms with Crippen LogP contribution in [0, 0.1) is 11.6 Å². The summed E-state index contributed by atoms with van der Waals surface area (Å²) >= 11 is 0. The fourth-order valence-corrected chi connectivity index (χ4v) is 7.28. The molecule has 2 heterocycles. The van der Waals surface area contributed by atoms with Crippen LogP contribution in [-0.2, 0) is 20.0 Å². The highest BCUT2D eigenvalue weighted by molar-refractivity contribution is 7.92.